The number of amides is 1. The van der Waals surface area contributed by atoms with E-state index in [0.29, 0.717) is 10.6 Å². The van der Waals surface area contributed by atoms with Crippen LogP contribution in [0, 0.1) is 0 Å². The molecule has 1 atom stereocenters. The summed E-state index contributed by atoms with van der Waals surface area (Å²) in [7, 11) is 1.39. The second kappa shape index (κ2) is 7.77. The second-order valence-electron chi connectivity index (χ2n) is 7.91. The molecule has 1 aromatic rings. The fourth-order valence-corrected chi connectivity index (χ4v) is 4.11. The third-order valence-electron chi connectivity index (χ3n) is 4.52. The number of hydrogen-bond donors (Lipinski definition) is 1. The molecule has 5 nitrogen and oxygen atoms in total. The lowest BCUT2D eigenvalue weighted by atomic mass is 9.94. The van der Waals surface area contributed by atoms with Crippen LogP contribution in [-0.2, 0) is 14.9 Å². The molecule has 6 heteroatoms. The highest BCUT2D eigenvalue weighted by molar-refractivity contribution is 7.14. The zero-order valence-corrected chi connectivity index (χ0v) is 17.0. The third kappa shape index (κ3) is 4.54. The molecule has 0 radical (unpaired) electrons. The molecule has 2 heterocycles. The van der Waals surface area contributed by atoms with E-state index in [-0.39, 0.29) is 29.4 Å². The number of nitrogens with one attached hydrogen (secondary N) is 1. The quantitative estimate of drug-likeness (QED) is 0.817. The summed E-state index contributed by atoms with van der Waals surface area (Å²) in [6.45, 7) is 11.2. The molecule has 0 spiro atoms. The van der Waals surface area contributed by atoms with Gasteiger partial charge in [-0.05, 0) is 44.6 Å². The molecule has 2 rings (SSSR count). The molecule has 0 unspecified atom stereocenters. The standard InChI is InChI=1S/C19H30N2O3S/c1-12(2)21-10-8-7-9-13(17(21)22)20-14-11-15(19(3,4)5)25-16(14)18(23)24-6/h11-13,20H,7-10H2,1-6H3/t13-/m1/s1. The molecule has 1 aliphatic rings. The van der Waals surface area contributed by atoms with Crippen LogP contribution < -0.4 is 5.32 Å². The number of likely N-dealkylation sites (tertiary alicyclic amines) is 1. The van der Waals surface area contributed by atoms with E-state index in [1.54, 1.807) is 0 Å². The molecule has 0 saturated carbocycles. The Morgan fingerprint density at radius 3 is 2.60 bits per heavy atom. The van der Waals surface area contributed by atoms with Crippen LogP contribution in [0.15, 0.2) is 6.07 Å². The van der Waals surface area contributed by atoms with Crippen LogP contribution in [0.25, 0.3) is 0 Å². The van der Waals surface area contributed by atoms with Gasteiger partial charge < -0.3 is 15.0 Å². The summed E-state index contributed by atoms with van der Waals surface area (Å²) in [5.41, 5.74) is 0.649. The summed E-state index contributed by atoms with van der Waals surface area (Å²) in [5, 5.41) is 3.35. The molecule has 1 fully saturated rings. The first-order valence-corrected chi connectivity index (χ1v) is 9.76. The number of carbonyl (C=O) groups excluding carboxylic acids is 2. The summed E-state index contributed by atoms with van der Waals surface area (Å²) >= 11 is 1.44. The van der Waals surface area contributed by atoms with E-state index in [1.807, 2.05) is 24.8 Å². The summed E-state index contributed by atoms with van der Waals surface area (Å²) in [4.78, 5) is 28.7. The Labute approximate surface area is 154 Å². The zero-order chi connectivity index (χ0) is 18.8. The van der Waals surface area contributed by atoms with Crippen molar-refractivity contribution >= 4 is 28.9 Å². The van der Waals surface area contributed by atoms with Gasteiger partial charge in [-0.15, -0.1) is 11.3 Å². The van der Waals surface area contributed by atoms with Crippen LogP contribution in [0.1, 0.15) is 68.4 Å². The first-order chi connectivity index (χ1) is 11.6. The lowest BCUT2D eigenvalue weighted by Crippen LogP contribution is -2.45. The predicted octanol–water partition coefficient (Wildman–Crippen LogP) is 4.03. The van der Waals surface area contributed by atoms with Gasteiger partial charge in [0.05, 0.1) is 12.8 Å². The fourth-order valence-electron chi connectivity index (χ4n) is 3.01. The number of esters is 1. The Morgan fingerprint density at radius 1 is 1.36 bits per heavy atom. The van der Waals surface area contributed by atoms with Crippen molar-refractivity contribution in [3.05, 3.63) is 15.8 Å². The number of hydrogen-bond acceptors (Lipinski definition) is 5. The van der Waals surface area contributed by atoms with Crippen LogP contribution in [0.4, 0.5) is 5.69 Å². The maximum Gasteiger partial charge on any atom is 0.350 e. The first-order valence-electron chi connectivity index (χ1n) is 8.94. The minimum Gasteiger partial charge on any atom is -0.465 e. The average molecular weight is 367 g/mol. The van der Waals surface area contributed by atoms with Crippen molar-refractivity contribution < 1.29 is 14.3 Å². The summed E-state index contributed by atoms with van der Waals surface area (Å²) in [6.07, 6.45) is 2.79. The van der Waals surface area contributed by atoms with Gasteiger partial charge in [-0.2, -0.15) is 0 Å². The van der Waals surface area contributed by atoms with E-state index in [1.165, 1.54) is 18.4 Å². The monoisotopic (exact) mass is 366 g/mol. The van der Waals surface area contributed by atoms with E-state index in [9.17, 15) is 9.59 Å². The zero-order valence-electron chi connectivity index (χ0n) is 16.1. The van der Waals surface area contributed by atoms with E-state index >= 15 is 0 Å². The molecule has 140 valence electrons. The molecular formula is C19H30N2O3S. The molecule has 25 heavy (non-hydrogen) atoms. The third-order valence-corrected chi connectivity index (χ3v) is 6.06. The lowest BCUT2D eigenvalue weighted by molar-refractivity contribution is -0.133. The van der Waals surface area contributed by atoms with Crippen molar-refractivity contribution in [2.75, 3.05) is 19.0 Å². The molecule has 1 aromatic heterocycles. The normalized spacial score (nSPS) is 19.1. The van der Waals surface area contributed by atoms with Gasteiger partial charge in [0.15, 0.2) is 0 Å². The number of carbonyl (C=O) groups is 2. The van der Waals surface area contributed by atoms with Crippen molar-refractivity contribution in [2.24, 2.45) is 0 Å². The Kier molecular flexibility index (Phi) is 6.14. The second-order valence-corrected chi connectivity index (χ2v) is 8.97. The van der Waals surface area contributed by atoms with E-state index in [4.69, 9.17) is 4.74 Å². The van der Waals surface area contributed by atoms with E-state index in [2.05, 4.69) is 26.1 Å². The highest BCUT2D eigenvalue weighted by atomic mass is 32.1. The molecule has 0 bridgehead atoms. The van der Waals surface area contributed by atoms with Crippen LogP contribution in [0.5, 0.6) is 0 Å². The van der Waals surface area contributed by atoms with Gasteiger partial charge in [0.25, 0.3) is 0 Å². The summed E-state index contributed by atoms with van der Waals surface area (Å²) in [6, 6.07) is 1.88. The SMILES string of the molecule is COC(=O)c1sc(C(C)(C)C)cc1N[C@@H]1CCCCN(C(C)C)C1=O. The van der Waals surface area contributed by atoms with E-state index in [0.717, 1.165) is 30.7 Å². The number of thiophene rings is 1. The molecule has 0 aromatic carbocycles. The topological polar surface area (TPSA) is 58.6 Å². The summed E-state index contributed by atoms with van der Waals surface area (Å²) in [5.74, 6) is -0.239. The number of methoxy groups -OCH3 is 1. The number of anilines is 1. The largest absolute Gasteiger partial charge is 0.465 e. The maximum atomic E-state index is 12.9. The Balaban J connectivity index is 2.32. The summed E-state index contributed by atoms with van der Waals surface area (Å²) < 4.78 is 4.94. The Bertz CT molecular complexity index is 631. The van der Waals surface area contributed by atoms with Crippen LogP contribution in [-0.4, -0.2) is 42.5 Å². The van der Waals surface area contributed by atoms with Crippen molar-refractivity contribution in [3.63, 3.8) is 0 Å². The number of ether oxygens (including phenoxy) is 1. The molecule has 1 saturated heterocycles. The average Bonchev–Trinajstić information content (AvgIpc) is 2.87. The highest BCUT2D eigenvalue weighted by Crippen LogP contribution is 2.36. The van der Waals surface area contributed by atoms with Crippen LogP contribution in [0.2, 0.25) is 0 Å². The minimum absolute atomic E-state index is 0.0647. The van der Waals surface area contributed by atoms with Crippen molar-refractivity contribution in [2.45, 2.75) is 71.4 Å². The van der Waals surface area contributed by atoms with Crippen LogP contribution >= 0.6 is 11.3 Å². The fraction of sp³-hybridized carbons (Fsp3) is 0.684. The smallest absolute Gasteiger partial charge is 0.350 e. The van der Waals surface area contributed by atoms with E-state index < -0.39 is 0 Å². The molecule has 1 amide bonds. The van der Waals surface area contributed by atoms with Gasteiger partial charge in [0, 0.05) is 17.5 Å². The number of nitrogens with zero attached hydrogens (tertiary/aromatic N) is 1. The minimum atomic E-state index is -0.357. The van der Waals surface area contributed by atoms with Crippen molar-refractivity contribution in [1.82, 2.24) is 4.90 Å². The van der Waals surface area contributed by atoms with Gasteiger partial charge in [0.2, 0.25) is 5.91 Å². The van der Waals surface area contributed by atoms with Gasteiger partial charge in [-0.1, -0.05) is 20.8 Å². The van der Waals surface area contributed by atoms with Gasteiger partial charge in [-0.25, -0.2) is 4.79 Å². The maximum absolute atomic E-state index is 12.9. The molecule has 1 aliphatic heterocycles. The van der Waals surface area contributed by atoms with Gasteiger partial charge >= 0.3 is 5.97 Å². The van der Waals surface area contributed by atoms with Gasteiger partial charge in [-0.3, -0.25) is 4.79 Å². The molecule has 1 N–H and O–H groups in total. The highest BCUT2D eigenvalue weighted by Gasteiger charge is 2.31. The Morgan fingerprint density at radius 2 is 2.04 bits per heavy atom. The van der Waals surface area contributed by atoms with Gasteiger partial charge in [0.1, 0.15) is 10.9 Å². The first kappa shape index (κ1) is 19.8. The molecular weight excluding hydrogens is 336 g/mol. The van der Waals surface area contributed by atoms with Crippen LogP contribution in [0.3, 0.4) is 0 Å². The molecule has 0 aliphatic carbocycles. The van der Waals surface area contributed by atoms with Crippen molar-refractivity contribution in [1.29, 1.82) is 0 Å². The van der Waals surface area contributed by atoms with Crippen molar-refractivity contribution in [3.8, 4) is 0 Å². The number of rotatable bonds is 4. The predicted molar refractivity (Wildman–Crippen MR) is 102 cm³/mol. The Hall–Kier alpha value is -1.56. The lowest BCUT2D eigenvalue weighted by Gasteiger charge is -2.28.